The summed E-state index contributed by atoms with van der Waals surface area (Å²) < 4.78 is 5.02. The zero-order valence-corrected chi connectivity index (χ0v) is 12.0. The number of aromatic carboxylic acids is 1. The average Bonchev–Trinajstić information content (AvgIpc) is 2.54. The first-order chi connectivity index (χ1) is 10.9. The summed E-state index contributed by atoms with van der Waals surface area (Å²) in [5, 5.41) is 22.4. The van der Waals surface area contributed by atoms with E-state index in [-0.39, 0.29) is 28.3 Å². The predicted octanol–water partition coefficient (Wildman–Crippen LogP) is 2.55. The third kappa shape index (κ3) is 3.43. The number of nitro groups is 1. The van der Waals surface area contributed by atoms with Gasteiger partial charge < -0.3 is 15.2 Å². The summed E-state index contributed by atoms with van der Waals surface area (Å²) in [6.07, 6.45) is 0. The van der Waals surface area contributed by atoms with Gasteiger partial charge in [-0.05, 0) is 18.2 Å². The lowest BCUT2D eigenvalue weighted by molar-refractivity contribution is -0.384. The first kappa shape index (κ1) is 16.0. The van der Waals surface area contributed by atoms with Crippen LogP contribution in [0, 0.1) is 10.1 Å². The maximum atomic E-state index is 12.3. The van der Waals surface area contributed by atoms with Crippen LogP contribution in [-0.4, -0.2) is 29.0 Å². The summed E-state index contributed by atoms with van der Waals surface area (Å²) in [5.41, 5.74) is -0.354. The summed E-state index contributed by atoms with van der Waals surface area (Å²) in [5.74, 6) is -1.77. The predicted molar refractivity (Wildman–Crippen MR) is 81.0 cm³/mol. The molecule has 2 N–H and O–H groups in total. The largest absolute Gasteiger partial charge is 0.496 e. The number of methoxy groups -OCH3 is 1. The van der Waals surface area contributed by atoms with Crippen molar-refractivity contribution in [1.29, 1.82) is 0 Å². The van der Waals surface area contributed by atoms with Crippen molar-refractivity contribution in [3.8, 4) is 5.75 Å². The Balaban J connectivity index is 2.40. The number of nitrogens with zero attached hydrogens (tertiary/aromatic N) is 1. The van der Waals surface area contributed by atoms with Gasteiger partial charge in [0.25, 0.3) is 11.6 Å². The maximum Gasteiger partial charge on any atom is 0.337 e. The molecule has 0 heterocycles. The lowest BCUT2D eigenvalue weighted by Crippen LogP contribution is -2.16. The van der Waals surface area contributed by atoms with Gasteiger partial charge in [-0.25, -0.2) is 4.79 Å². The first-order valence-electron chi connectivity index (χ1n) is 6.40. The number of nitrogens with one attached hydrogen (secondary N) is 1. The number of benzene rings is 2. The van der Waals surface area contributed by atoms with Gasteiger partial charge in [-0.1, -0.05) is 12.1 Å². The molecule has 2 rings (SSSR count). The molecule has 8 nitrogen and oxygen atoms in total. The standard InChI is InChI=1S/C15H12N2O6/c1-23-13-7-6-9(17(21)22)8-11(13)14(18)16-12-5-3-2-4-10(12)15(19)20/h2-8H,1H3,(H,16,18)(H,19,20). The van der Waals surface area contributed by atoms with Gasteiger partial charge in [0, 0.05) is 12.1 Å². The van der Waals surface area contributed by atoms with Crippen molar-refractivity contribution in [3.63, 3.8) is 0 Å². The lowest BCUT2D eigenvalue weighted by Gasteiger charge is -2.11. The molecule has 0 aliphatic rings. The molecule has 0 aliphatic heterocycles. The van der Waals surface area contributed by atoms with E-state index in [1.54, 1.807) is 6.07 Å². The fourth-order valence-electron chi connectivity index (χ4n) is 1.96. The Bertz CT molecular complexity index is 787. The fourth-order valence-corrected chi connectivity index (χ4v) is 1.96. The Kier molecular flexibility index (Phi) is 4.55. The monoisotopic (exact) mass is 316 g/mol. The molecule has 0 atom stereocenters. The highest BCUT2D eigenvalue weighted by Gasteiger charge is 2.19. The van der Waals surface area contributed by atoms with Gasteiger partial charge in [0.1, 0.15) is 5.75 Å². The molecule has 0 radical (unpaired) electrons. The fraction of sp³-hybridized carbons (Fsp3) is 0.0667. The van der Waals surface area contributed by atoms with Gasteiger partial charge in [-0.15, -0.1) is 0 Å². The highest BCUT2D eigenvalue weighted by molar-refractivity contribution is 6.09. The van der Waals surface area contributed by atoms with E-state index in [1.807, 2.05) is 0 Å². The molecule has 0 saturated heterocycles. The summed E-state index contributed by atoms with van der Waals surface area (Å²) in [7, 11) is 1.32. The number of carboxylic acid groups (broad SMARTS) is 1. The van der Waals surface area contributed by atoms with Crippen LogP contribution in [0.3, 0.4) is 0 Å². The summed E-state index contributed by atoms with van der Waals surface area (Å²) in [6.45, 7) is 0. The normalized spacial score (nSPS) is 9.96. The minimum Gasteiger partial charge on any atom is -0.496 e. The van der Waals surface area contributed by atoms with Crippen LogP contribution in [0.2, 0.25) is 0 Å². The molecule has 0 saturated carbocycles. The Labute approximate surface area is 130 Å². The van der Waals surface area contributed by atoms with E-state index in [4.69, 9.17) is 9.84 Å². The number of ether oxygens (including phenoxy) is 1. The highest BCUT2D eigenvalue weighted by atomic mass is 16.6. The Hall–Kier alpha value is -3.42. The number of rotatable bonds is 5. The minimum absolute atomic E-state index is 0.0677. The third-order valence-electron chi connectivity index (χ3n) is 3.04. The number of non-ortho nitro benzene ring substituents is 1. The number of hydrogen-bond donors (Lipinski definition) is 2. The molecule has 0 aromatic heterocycles. The van der Waals surface area contributed by atoms with Gasteiger partial charge in [-0.2, -0.15) is 0 Å². The number of carbonyl (C=O) groups excluding carboxylic acids is 1. The van der Waals surface area contributed by atoms with Crippen LogP contribution >= 0.6 is 0 Å². The molecule has 0 unspecified atom stereocenters. The molecular formula is C15H12N2O6. The molecule has 118 valence electrons. The molecule has 23 heavy (non-hydrogen) atoms. The van der Waals surface area contributed by atoms with Crippen molar-refractivity contribution in [1.82, 2.24) is 0 Å². The van der Waals surface area contributed by atoms with Gasteiger partial charge >= 0.3 is 5.97 Å². The average molecular weight is 316 g/mol. The number of carbonyl (C=O) groups is 2. The molecule has 0 spiro atoms. The van der Waals surface area contributed by atoms with Crippen molar-refractivity contribution in [2.75, 3.05) is 12.4 Å². The second-order valence-electron chi connectivity index (χ2n) is 4.45. The Morgan fingerprint density at radius 2 is 1.87 bits per heavy atom. The van der Waals surface area contributed by atoms with E-state index in [0.717, 1.165) is 6.07 Å². The van der Waals surface area contributed by atoms with Crippen LogP contribution in [-0.2, 0) is 0 Å². The van der Waals surface area contributed by atoms with Crippen LogP contribution in [0.4, 0.5) is 11.4 Å². The number of amides is 1. The molecule has 1 amide bonds. The van der Waals surface area contributed by atoms with Crippen LogP contribution in [0.1, 0.15) is 20.7 Å². The van der Waals surface area contributed by atoms with Gasteiger partial charge in [0.2, 0.25) is 0 Å². The van der Waals surface area contributed by atoms with Crippen LogP contribution in [0.5, 0.6) is 5.75 Å². The second kappa shape index (κ2) is 6.56. The summed E-state index contributed by atoms with van der Waals surface area (Å²) >= 11 is 0. The molecule has 8 heteroatoms. The summed E-state index contributed by atoms with van der Waals surface area (Å²) in [4.78, 5) is 33.7. The lowest BCUT2D eigenvalue weighted by atomic mass is 10.1. The second-order valence-corrected chi connectivity index (χ2v) is 4.45. The number of carboxylic acids is 1. The maximum absolute atomic E-state index is 12.3. The van der Waals surface area contributed by atoms with Gasteiger partial charge in [0.15, 0.2) is 0 Å². The van der Waals surface area contributed by atoms with Gasteiger partial charge in [-0.3, -0.25) is 14.9 Å². The number of hydrogen-bond acceptors (Lipinski definition) is 5. The number of para-hydroxylation sites is 1. The van der Waals surface area contributed by atoms with Crippen molar-refractivity contribution >= 4 is 23.3 Å². The Morgan fingerprint density at radius 1 is 1.17 bits per heavy atom. The van der Waals surface area contributed by atoms with Crippen molar-refractivity contribution in [2.45, 2.75) is 0 Å². The molecule has 2 aromatic carbocycles. The van der Waals surface area contributed by atoms with Crippen LogP contribution in [0.25, 0.3) is 0 Å². The smallest absolute Gasteiger partial charge is 0.337 e. The molecule has 0 aliphatic carbocycles. The van der Waals surface area contributed by atoms with Crippen molar-refractivity contribution in [3.05, 3.63) is 63.7 Å². The SMILES string of the molecule is COc1ccc([N+](=O)[O-])cc1C(=O)Nc1ccccc1C(=O)O. The third-order valence-corrected chi connectivity index (χ3v) is 3.04. The summed E-state index contributed by atoms with van der Waals surface area (Å²) in [6, 6.07) is 9.42. The van der Waals surface area contributed by atoms with E-state index in [1.165, 1.54) is 37.4 Å². The molecule has 0 bridgehead atoms. The number of anilines is 1. The van der Waals surface area contributed by atoms with Crippen LogP contribution in [0.15, 0.2) is 42.5 Å². The minimum atomic E-state index is -1.20. The quantitative estimate of drug-likeness (QED) is 0.646. The van der Waals surface area contributed by atoms with E-state index in [0.29, 0.717) is 0 Å². The van der Waals surface area contributed by atoms with E-state index in [2.05, 4.69) is 5.32 Å². The van der Waals surface area contributed by atoms with E-state index in [9.17, 15) is 19.7 Å². The highest BCUT2D eigenvalue weighted by Crippen LogP contribution is 2.25. The van der Waals surface area contributed by atoms with Crippen molar-refractivity contribution < 1.29 is 24.4 Å². The van der Waals surface area contributed by atoms with E-state index >= 15 is 0 Å². The van der Waals surface area contributed by atoms with Crippen LogP contribution < -0.4 is 10.1 Å². The molecular weight excluding hydrogens is 304 g/mol. The zero-order valence-electron chi connectivity index (χ0n) is 12.0. The molecule has 2 aromatic rings. The van der Waals surface area contributed by atoms with Gasteiger partial charge in [0.05, 0.1) is 28.8 Å². The topological polar surface area (TPSA) is 119 Å². The van der Waals surface area contributed by atoms with E-state index < -0.39 is 16.8 Å². The number of nitro benzene ring substituents is 1. The molecule has 0 fully saturated rings. The van der Waals surface area contributed by atoms with Crippen molar-refractivity contribution in [2.24, 2.45) is 0 Å². The first-order valence-corrected chi connectivity index (χ1v) is 6.40. The zero-order chi connectivity index (χ0) is 17.0. The Morgan fingerprint density at radius 3 is 2.48 bits per heavy atom.